The Morgan fingerprint density at radius 3 is 2.48 bits per heavy atom. The summed E-state index contributed by atoms with van der Waals surface area (Å²) in [5.74, 6) is 1.54. The number of hydrogen-bond donors (Lipinski definition) is 1. The van der Waals surface area contributed by atoms with Gasteiger partial charge in [-0.3, -0.25) is 4.79 Å². The molecular formula is C16H23N3O3S. The van der Waals surface area contributed by atoms with Gasteiger partial charge >= 0.3 is 0 Å². The third kappa shape index (κ3) is 4.48. The standard InChI is InChI=1S/C16H23N3O3S/c1-12(20)18-7-4-8-19(10-9-18)16(23)17-14-11-13(21-2)5-6-15(14)22-3/h5-6,11H,4,7-10H2,1-3H3,(H,17,23). The molecule has 1 aliphatic heterocycles. The van der Waals surface area contributed by atoms with Gasteiger partial charge in [0.1, 0.15) is 11.5 Å². The summed E-state index contributed by atoms with van der Waals surface area (Å²) in [6.07, 6.45) is 0.899. The van der Waals surface area contributed by atoms with E-state index in [-0.39, 0.29) is 5.91 Å². The van der Waals surface area contributed by atoms with Gasteiger partial charge in [-0.15, -0.1) is 0 Å². The van der Waals surface area contributed by atoms with Crippen LogP contribution in [0.5, 0.6) is 11.5 Å². The highest BCUT2D eigenvalue weighted by Gasteiger charge is 2.19. The van der Waals surface area contributed by atoms with Crippen molar-refractivity contribution in [2.24, 2.45) is 0 Å². The number of benzene rings is 1. The van der Waals surface area contributed by atoms with E-state index in [1.54, 1.807) is 21.1 Å². The molecule has 6 nitrogen and oxygen atoms in total. The van der Waals surface area contributed by atoms with Crippen molar-refractivity contribution in [3.8, 4) is 11.5 Å². The van der Waals surface area contributed by atoms with E-state index in [1.165, 1.54) is 0 Å². The number of carbonyl (C=O) groups excluding carboxylic acids is 1. The maximum Gasteiger partial charge on any atom is 0.219 e. The van der Waals surface area contributed by atoms with Crippen LogP contribution < -0.4 is 14.8 Å². The Morgan fingerprint density at radius 1 is 1.13 bits per heavy atom. The van der Waals surface area contributed by atoms with Gasteiger partial charge in [0.25, 0.3) is 0 Å². The lowest BCUT2D eigenvalue weighted by Crippen LogP contribution is -2.38. The molecule has 0 aliphatic carbocycles. The lowest BCUT2D eigenvalue weighted by atomic mass is 10.2. The van der Waals surface area contributed by atoms with E-state index in [2.05, 4.69) is 10.2 Å². The molecule has 0 aromatic heterocycles. The van der Waals surface area contributed by atoms with Gasteiger partial charge in [0.2, 0.25) is 5.91 Å². The molecule has 1 aromatic carbocycles. The maximum absolute atomic E-state index is 11.5. The average molecular weight is 337 g/mol. The van der Waals surface area contributed by atoms with Crippen LogP contribution in [0.4, 0.5) is 5.69 Å². The first-order valence-corrected chi connectivity index (χ1v) is 7.99. The highest BCUT2D eigenvalue weighted by atomic mass is 32.1. The maximum atomic E-state index is 11.5. The number of anilines is 1. The van der Waals surface area contributed by atoms with Crippen LogP contribution in [-0.4, -0.2) is 61.2 Å². The highest BCUT2D eigenvalue weighted by Crippen LogP contribution is 2.29. The van der Waals surface area contributed by atoms with Crippen LogP contribution >= 0.6 is 12.2 Å². The molecule has 126 valence electrons. The number of rotatable bonds is 3. The smallest absolute Gasteiger partial charge is 0.219 e. The number of methoxy groups -OCH3 is 2. The number of nitrogens with zero attached hydrogens (tertiary/aromatic N) is 2. The lowest BCUT2D eigenvalue weighted by Gasteiger charge is -2.25. The molecule has 0 atom stereocenters. The zero-order chi connectivity index (χ0) is 16.8. The van der Waals surface area contributed by atoms with Crippen LogP contribution in [0.15, 0.2) is 18.2 Å². The van der Waals surface area contributed by atoms with Crippen molar-refractivity contribution in [2.75, 3.05) is 45.7 Å². The van der Waals surface area contributed by atoms with Crippen LogP contribution in [0, 0.1) is 0 Å². The fourth-order valence-corrected chi connectivity index (χ4v) is 2.83. The summed E-state index contributed by atoms with van der Waals surface area (Å²) in [5, 5.41) is 3.85. The molecule has 1 heterocycles. The Balaban J connectivity index is 2.05. The van der Waals surface area contributed by atoms with Gasteiger partial charge in [-0.1, -0.05) is 0 Å². The quantitative estimate of drug-likeness (QED) is 0.851. The summed E-state index contributed by atoms with van der Waals surface area (Å²) in [6, 6.07) is 5.53. The molecule has 1 aromatic rings. The van der Waals surface area contributed by atoms with Gasteiger partial charge in [-0.05, 0) is 30.8 Å². The first-order valence-electron chi connectivity index (χ1n) is 7.58. The minimum absolute atomic E-state index is 0.111. The third-order valence-corrected chi connectivity index (χ3v) is 4.24. The van der Waals surface area contributed by atoms with E-state index in [9.17, 15) is 4.79 Å². The summed E-state index contributed by atoms with van der Waals surface area (Å²) >= 11 is 5.52. The van der Waals surface area contributed by atoms with Gasteiger partial charge in [0.05, 0.1) is 19.9 Å². The monoisotopic (exact) mass is 337 g/mol. The van der Waals surface area contributed by atoms with Gasteiger partial charge in [0, 0.05) is 39.2 Å². The Labute approximate surface area is 142 Å². The minimum Gasteiger partial charge on any atom is -0.497 e. The second kappa shape index (κ2) is 8.01. The molecule has 1 aliphatic rings. The van der Waals surface area contributed by atoms with E-state index in [1.807, 2.05) is 23.1 Å². The Hall–Kier alpha value is -2.02. The summed E-state index contributed by atoms with van der Waals surface area (Å²) in [5.41, 5.74) is 0.768. The average Bonchev–Trinajstić information content (AvgIpc) is 2.81. The zero-order valence-electron chi connectivity index (χ0n) is 13.8. The number of thiocarbonyl (C=S) groups is 1. The van der Waals surface area contributed by atoms with Crippen molar-refractivity contribution in [3.63, 3.8) is 0 Å². The van der Waals surface area contributed by atoms with Crippen molar-refractivity contribution in [2.45, 2.75) is 13.3 Å². The summed E-state index contributed by atoms with van der Waals surface area (Å²) in [7, 11) is 3.24. The third-order valence-electron chi connectivity index (χ3n) is 3.88. The molecule has 1 fully saturated rings. The van der Waals surface area contributed by atoms with Crippen molar-refractivity contribution in [1.29, 1.82) is 0 Å². The molecule has 2 rings (SSSR count). The molecule has 0 spiro atoms. The SMILES string of the molecule is COc1ccc(OC)c(NC(=S)N2CCCN(C(C)=O)CC2)c1. The largest absolute Gasteiger partial charge is 0.497 e. The molecule has 23 heavy (non-hydrogen) atoms. The van der Waals surface area contributed by atoms with E-state index in [4.69, 9.17) is 21.7 Å². The molecule has 7 heteroatoms. The second-order valence-electron chi connectivity index (χ2n) is 5.34. The predicted octanol–water partition coefficient (Wildman–Crippen LogP) is 1.95. The number of carbonyl (C=O) groups is 1. The Bertz CT molecular complexity index is 580. The molecule has 1 N–H and O–H groups in total. The van der Waals surface area contributed by atoms with E-state index < -0.39 is 0 Å². The molecule has 0 radical (unpaired) electrons. The lowest BCUT2D eigenvalue weighted by molar-refractivity contribution is -0.128. The normalized spacial score (nSPS) is 14.9. The van der Waals surface area contributed by atoms with Gasteiger partial charge in [-0.25, -0.2) is 0 Å². The number of hydrogen-bond acceptors (Lipinski definition) is 4. The fourth-order valence-electron chi connectivity index (χ4n) is 2.54. The topological polar surface area (TPSA) is 54.0 Å². The van der Waals surface area contributed by atoms with Crippen molar-refractivity contribution in [1.82, 2.24) is 9.80 Å². The predicted molar refractivity (Wildman–Crippen MR) is 94.2 cm³/mol. The highest BCUT2D eigenvalue weighted by molar-refractivity contribution is 7.80. The van der Waals surface area contributed by atoms with Crippen LogP contribution in [-0.2, 0) is 4.79 Å². The van der Waals surface area contributed by atoms with E-state index in [0.29, 0.717) is 17.4 Å². The van der Waals surface area contributed by atoms with Gasteiger partial charge in [-0.2, -0.15) is 0 Å². The molecule has 1 saturated heterocycles. The Morgan fingerprint density at radius 2 is 1.83 bits per heavy atom. The van der Waals surface area contributed by atoms with E-state index in [0.717, 1.165) is 37.5 Å². The van der Waals surface area contributed by atoms with Crippen LogP contribution in [0.1, 0.15) is 13.3 Å². The molecule has 1 amide bonds. The zero-order valence-corrected chi connectivity index (χ0v) is 14.6. The van der Waals surface area contributed by atoms with Crippen LogP contribution in [0.2, 0.25) is 0 Å². The number of ether oxygens (including phenoxy) is 2. The molecule has 0 unspecified atom stereocenters. The first-order chi connectivity index (χ1) is 11.0. The summed E-state index contributed by atoms with van der Waals surface area (Å²) < 4.78 is 10.6. The van der Waals surface area contributed by atoms with Crippen molar-refractivity contribution < 1.29 is 14.3 Å². The Kier molecular flexibility index (Phi) is 6.04. The minimum atomic E-state index is 0.111. The van der Waals surface area contributed by atoms with Crippen molar-refractivity contribution in [3.05, 3.63) is 18.2 Å². The fraction of sp³-hybridized carbons (Fsp3) is 0.500. The van der Waals surface area contributed by atoms with Gasteiger partial charge in [0.15, 0.2) is 5.11 Å². The van der Waals surface area contributed by atoms with Crippen molar-refractivity contribution >= 4 is 28.9 Å². The summed E-state index contributed by atoms with van der Waals surface area (Å²) in [6.45, 7) is 4.61. The van der Waals surface area contributed by atoms with Gasteiger partial charge < -0.3 is 24.6 Å². The second-order valence-corrected chi connectivity index (χ2v) is 5.73. The number of amides is 1. The van der Waals surface area contributed by atoms with Crippen LogP contribution in [0.3, 0.4) is 0 Å². The van der Waals surface area contributed by atoms with E-state index >= 15 is 0 Å². The van der Waals surface area contributed by atoms with Crippen LogP contribution in [0.25, 0.3) is 0 Å². The summed E-state index contributed by atoms with van der Waals surface area (Å²) in [4.78, 5) is 15.4. The first kappa shape index (κ1) is 17.3. The number of nitrogens with one attached hydrogen (secondary N) is 1. The molecule has 0 saturated carbocycles. The molecule has 0 bridgehead atoms. The molecular weight excluding hydrogens is 314 g/mol.